The first-order valence-electron chi connectivity index (χ1n) is 3.84. The van der Waals surface area contributed by atoms with E-state index in [1.807, 2.05) is 37.5 Å². The molecule has 1 rings (SSSR count). The Labute approximate surface area is 77.7 Å². The molecule has 0 aliphatic rings. The summed E-state index contributed by atoms with van der Waals surface area (Å²) in [6.45, 7) is 1.99. The molecule has 0 saturated carbocycles. The van der Waals surface area contributed by atoms with Crippen molar-refractivity contribution in [3.8, 4) is 0 Å². The Hall–Kier alpha value is -0.890. The summed E-state index contributed by atoms with van der Waals surface area (Å²) in [5.41, 5.74) is 7.76. The van der Waals surface area contributed by atoms with Crippen LogP contribution in [-0.4, -0.2) is 6.26 Å². The number of thioether (sulfide) groups is 1. The molecule has 0 aliphatic carbocycles. The minimum Gasteiger partial charge on any atom is -0.398 e. The van der Waals surface area contributed by atoms with Crippen LogP contribution in [0, 0.1) is 0 Å². The maximum absolute atomic E-state index is 5.82. The molecule has 2 N–H and O–H groups in total. The van der Waals surface area contributed by atoms with Gasteiger partial charge in [0.15, 0.2) is 0 Å². The Morgan fingerprint density at radius 1 is 1.42 bits per heavy atom. The lowest BCUT2D eigenvalue weighted by atomic mass is 10.2. The predicted octanol–water partition coefficient (Wildman–Crippen LogP) is 3.02. The van der Waals surface area contributed by atoms with Gasteiger partial charge in [-0.05, 0) is 30.9 Å². The zero-order chi connectivity index (χ0) is 8.97. The van der Waals surface area contributed by atoms with Gasteiger partial charge in [0.25, 0.3) is 0 Å². The van der Waals surface area contributed by atoms with E-state index >= 15 is 0 Å². The standard InChI is InChI=1S/C10H13NS/c1-3-4-8-5-6-9(12-2)7-10(8)11/h3-7H,11H2,1-2H3/b4-3+. The van der Waals surface area contributed by atoms with Crippen molar-refractivity contribution < 1.29 is 0 Å². The molecule has 0 amide bonds. The van der Waals surface area contributed by atoms with Crippen LogP contribution in [0.1, 0.15) is 12.5 Å². The van der Waals surface area contributed by atoms with Gasteiger partial charge in [0.1, 0.15) is 0 Å². The molecule has 12 heavy (non-hydrogen) atoms. The van der Waals surface area contributed by atoms with Crippen molar-refractivity contribution in [3.63, 3.8) is 0 Å². The zero-order valence-corrected chi connectivity index (χ0v) is 8.19. The van der Waals surface area contributed by atoms with Crippen LogP contribution in [0.5, 0.6) is 0 Å². The van der Waals surface area contributed by atoms with E-state index in [0.717, 1.165) is 11.3 Å². The van der Waals surface area contributed by atoms with Crippen molar-refractivity contribution >= 4 is 23.5 Å². The maximum atomic E-state index is 5.82. The zero-order valence-electron chi connectivity index (χ0n) is 7.37. The van der Waals surface area contributed by atoms with Gasteiger partial charge in [-0.25, -0.2) is 0 Å². The third-order valence-electron chi connectivity index (χ3n) is 1.64. The van der Waals surface area contributed by atoms with Gasteiger partial charge in [0, 0.05) is 10.6 Å². The van der Waals surface area contributed by atoms with E-state index in [-0.39, 0.29) is 0 Å². The number of rotatable bonds is 2. The van der Waals surface area contributed by atoms with Gasteiger partial charge < -0.3 is 5.73 Å². The van der Waals surface area contributed by atoms with Gasteiger partial charge in [-0.3, -0.25) is 0 Å². The molecule has 0 bridgehead atoms. The van der Waals surface area contributed by atoms with E-state index in [9.17, 15) is 0 Å². The highest BCUT2D eigenvalue weighted by atomic mass is 32.2. The summed E-state index contributed by atoms with van der Waals surface area (Å²) in [6.07, 6.45) is 6.05. The molecule has 0 atom stereocenters. The Kier molecular flexibility index (Phi) is 3.23. The van der Waals surface area contributed by atoms with E-state index in [1.165, 1.54) is 4.90 Å². The Bertz CT molecular complexity index is 292. The SMILES string of the molecule is C/C=C/c1ccc(SC)cc1N. The van der Waals surface area contributed by atoms with Gasteiger partial charge >= 0.3 is 0 Å². The smallest absolute Gasteiger partial charge is 0.0398 e. The largest absolute Gasteiger partial charge is 0.398 e. The fourth-order valence-corrected chi connectivity index (χ4v) is 1.46. The summed E-state index contributed by atoms with van der Waals surface area (Å²) in [7, 11) is 0. The molecular formula is C10H13NS. The quantitative estimate of drug-likeness (QED) is 0.558. The van der Waals surface area contributed by atoms with Gasteiger partial charge in [-0.1, -0.05) is 18.2 Å². The molecule has 1 nitrogen and oxygen atoms in total. The van der Waals surface area contributed by atoms with E-state index < -0.39 is 0 Å². The average Bonchev–Trinajstić information content (AvgIpc) is 2.09. The highest BCUT2D eigenvalue weighted by Gasteiger charge is 1.95. The lowest BCUT2D eigenvalue weighted by Gasteiger charge is -2.02. The first-order valence-corrected chi connectivity index (χ1v) is 5.06. The van der Waals surface area contributed by atoms with Gasteiger partial charge in [0.05, 0.1) is 0 Å². The average molecular weight is 179 g/mol. The number of anilines is 1. The van der Waals surface area contributed by atoms with Crippen molar-refractivity contribution in [2.75, 3.05) is 12.0 Å². The summed E-state index contributed by atoms with van der Waals surface area (Å²) in [6, 6.07) is 6.12. The number of nitrogens with two attached hydrogens (primary N) is 1. The molecule has 2 heteroatoms. The molecule has 1 aromatic carbocycles. The Morgan fingerprint density at radius 2 is 2.17 bits per heavy atom. The van der Waals surface area contributed by atoms with Crippen LogP contribution < -0.4 is 5.73 Å². The Morgan fingerprint density at radius 3 is 2.67 bits per heavy atom. The number of nitrogen functional groups attached to an aromatic ring is 1. The normalized spacial score (nSPS) is 10.8. The summed E-state index contributed by atoms with van der Waals surface area (Å²) >= 11 is 1.71. The van der Waals surface area contributed by atoms with Gasteiger partial charge in [0.2, 0.25) is 0 Å². The Balaban J connectivity index is 3.03. The van der Waals surface area contributed by atoms with Crippen molar-refractivity contribution in [2.45, 2.75) is 11.8 Å². The summed E-state index contributed by atoms with van der Waals surface area (Å²) in [4.78, 5) is 1.21. The lowest BCUT2D eigenvalue weighted by molar-refractivity contribution is 1.45. The summed E-state index contributed by atoms with van der Waals surface area (Å²) < 4.78 is 0. The second kappa shape index (κ2) is 4.21. The maximum Gasteiger partial charge on any atom is 0.0398 e. The number of benzene rings is 1. The second-order valence-electron chi connectivity index (χ2n) is 2.49. The molecule has 0 heterocycles. The predicted molar refractivity (Wildman–Crippen MR) is 57.3 cm³/mol. The molecular weight excluding hydrogens is 166 g/mol. The minimum atomic E-state index is 0.847. The first kappa shape index (κ1) is 9.20. The number of allylic oxidation sites excluding steroid dienone is 1. The van der Waals surface area contributed by atoms with Crippen LogP contribution in [0.2, 0.25) is 0 Å². The fraction of sp³-hybridized carbons (Fsp3) is 0.200. The summed E-state index contributed by atoms with van der Waals surface area (Å²) in [5, 5.41) is 0. The molecule has 0 saturated heterocycles. The number of hydrogen-bond acceptors (Lipinski definition) is 2. The lowest BCUT2D eigenvalue weighted by Crippen LogP contribution is -1.88. The monoisotopic (exact) mass is 179 g/mol. The van der Waals surface area contributed by atoms with Crippen molar-refractivity contribution in [1.82, 2.24) is 0 Å². The van der Waals surface area contributed by atoms with Crippen LogP contribution >= 0.6 is 11.8 Å². The minimum absolute atomic E-state index is 0.847. The molecule has 64 valence electrons. The van der Waals surface area contributed by atoms with E-state index in [4.69, 9.17) is 5.73 Å². The van der Waals surface area contributed by atoms with Gasteiger partial charge in [-0.2, -0.15) is 0 Å². The summed E-state index contributed by atoms with van der Waals surface area (Å²) in [5.74, 6) is 0. The van der Waals surface area contributed by atoms with Gasteiger partial charge in [-0.15, -0.1) is 11.8 Å². The third-order valence-corrected chi connectivity index (χ3v) is 2.37. The van der Waals surface area contributed by atoms with Crippen LogP contribution in [-0.2, 0) is 0 Å². The third kappa shape index (κ3) is 2.05. The van der Waals surface area contributed by atoms with Crippen LogP contribution in [0.3, 0.4) is 0 Å². The van der Waals surface area contributed by atoms with Crippen molar-refractivity contribution in [3.05, 3.63) is 29.8 Å². The molecule has 0 aromatic heterocycles. The second-order valence-corrected chi connectivity index (χ2v) is 3.37. The molecule has 0 spiro atoms. The molecule has 0 unspecified atom stereocenters. The van der Waals surface area contributed by atoms with E-state index in [1.54, 1.807) is 11.8 Å². The number of hydrogen-bond donors (Lipinski definition) is 1. The van der Waals surface area contributed by atoms with Crippen LogP contribution in [0.25, 0.3) is 6.08 Å². The van der Waals surface area contributed by atoms with Crippen LogP contribution in [0.4, 0.5) is 5.69 Å². The van der Waals surface area contributed by atoms with Crippen molar-refractivity contribution in [2.24, 2.45) is 0 Å². The first-order chi connectivity index (χ1) is 5.77. The van der Waals surface area contributed by atoms with E-state index in [2.05, 4.69) is 6.07 Å². The fourth-order valence-electron chi connectivity index (χ4n) is 1.01. The molecule has 1 aromatic rings. The van der Waals surface area contributed by atoms with Crippen molar-refractivity contribution in [1.29, 1.82) is 0 Å². The molecule has 0 aliphatic heterocycles. The van der Waals surface area contributed by atoms with Crippen LogP contribution in [0.15, 0.2) is 29.2 Å². The molecule has 0 radical (unpaired) electrons. The highest BCUT2D eigenvalue weighted by molar-refractivity contribution is 7.98. The molecule has 0 fully saturated rings. The topological polar surface area (TPSA) is 26.0 Å². The van der Waals surface area contributed by atoms with E-state index in [0.29, 0.717) is 0 Å². The highest BCUT2D eigenvalue weighted by Crippen LogP contribution is 2.21.